The predicted octanol–water partition coefficient (Wildman–Crippen LogP) is 1.67. The van der Waals surface area contributed by atoms with E-state index in [1.54, 1.807) is 23.8 Å². The largest absolute Gasteiger partial charge is 0.369 e. The van der Waals surface area contributed by atoms with Crippen LogP contribution < -0.4 is 4.90 Å². The normalized spacial score (nSPS) is 16.2. The summed E-state index contributed by atoms with van der Waals surface area (Å²) >= 11 is 1.28. The molecule has 0 atom stereocenters. The highest BCUT2D eigenvalue weighted by Crippen LogP contribution is 2.20. The molecule has 0 aromatic carbocycles. The summed E-state index contributed by atoms with van der Waals surface area (Å²) in [6.07, 6.45) is 3.48. The molecule has 0 amide bonds. The molecule has 6 nitrogen and oxygen atoms in total. The highest BCUT2D eigenvalue weighted by molar-refractivity contribution is 7.88. The average molecular weight is 348 g/mol. The number of nitriles is 1. The van der Waals surface area contributed by atoms with Crippen molar-refractivity contribution in [2.75, 3.05) is 31.1 Å². The van der Waals surface area contributed by atoms with Crippen LogP contribution in [0.4, 0.5) is 5.69 Å². The number of piperazine rings is 1. The first-order valence-corrected chi connectivity index (χ1v) is 9.68. The Bertz CT molecular complexity index is 804. The molecule has 2 aromatic rings. The van der Waals surface area contributed by atoms with Gasteiger partial charge >= 0.3 is 0 Å². The van der Waals surface area contributed by atoms with E-state index < -0.39 is 10.0 Å². The van der Waals surface area contributed by atoms with Crippen LogP contribution in [0, 0.1) is 11.3 Å². The molecular weight excluding hydrogens is 332 g/mol. The van der Waals surface area contributed by atoms with Gasteiger partial charge in [0.15, 0.2) is 0 Å². The van der Waals surface area contributed by atoms with Gasteiger partial charge in [-0.1, -0.05) is 0 Å². The molecule has 0 unspecified atom stereocenters. The van der Waals surface area contributed by atoms with Gasteiger partial charge in [0.25, 0.3) is 0 Å². The van der Waals surface area contributed by atoms with E-state index in [4.69, 9.17) is 5.26 Å². The van der Waals surface area contributed by atoms with E-state index in [9.17, 15) is 8.42 Å². The average Bonchev–Trinajstić information content (AvgIpc) is 3.03. The van der Waals surface area contributed by atoms with Crippen LogP contribution in [-0.4, -0.2) is 43.9 Å². The molecule has 0 bridgehead atoms. The Hall–Kier alpha value is -1.95. The van der Waals surface area contributed by atoms with E-state index in [0.717, 1.165) is 5.69 Å². The summed E-state index contributed by atoms with van der Waals surface area (Å²) in [6, 6.07) is 7.54. The molecule has 0 N–H and O–H groups in total. The molecule has 2 aromatic heterocycles. The summed E-state index contributed by atoms with van der Waals surface area (Å²) in [5, 5.41) is 10.6. The Balaban J connectivity index is 1.63. The van der Waals surface area contributed by atoms with Crippen molar-refractivity contribution in [2.45, 2.75) is 5.75 Å². The van der Waals surface area contributed by atoms with E-state index in [0.29, 0.717) is 36.6 Å². The number of aromatic nitrogens is 1. The van der Waals surface area contributed by atoms with Crippen LogP contribution in [0.3, 0.4) is 0 Å². The minimum Gasteiger partial charge on any atom is -0.369 e. The lowest BCUT2D eigenvalue weighted by molar-refractivity contribution is 0.384. The molecule has 23 heavy (non-hydrogen) atoms. The zero-order valence-corrected chi connectivity index (χ0v) is 14.1. The first-order chi connectivity index (χ1) is 11.1. The van der Waals surface area contributed by atoms with Crippen LogP contribution in [-0.2, 0) is 15.8 Å². The van der Waals surface area contributed by atoms with Crippen molar-refractivity contribution in [3.63, 3.8) is 0 Å². The van der Waals surface area contributed by atoms with Gasteiger partial charge in [-0.25, -0.2) is 8.42 Å². The standard InChI is InChI=1S/C15H16N4O2S2/c16-10-15-9-13(11-22-15)12-23(20,21)19-7-5-18(6-8-19)14-1-3-17-4-2-14/h1-4,9,11H,5-8,12H2. The number of rotatable bonds is 4. The van der Waals surface area contributed by atoms with Gasteiger partial charge in [0.1, 0.15) is 10.9 Å². The number of pyridine rings is 1. The summed E-state index contributed by atoms with van der Waals surface area (Å²) in [5.41, 5.74) is 1.75. The zero-order valence-electron chi connectivity index (χ0n) is 12.4. The molecule has 0 saturated carbocycles. The molecule has 1 saturated heterocycles. The Labute approximate surface area is 139 Å². The molecule has 0 spiro atoms. The zero-order chi connectivity index (χ0) is 16.3. The fourth-order valence-electron chi connectivity index (χ4n) is 2.59. The Morgan fingerprint density at radius 2 is 1.91 bits per heavy atom. The van der Waals surface area contributed by atoms with E-state index >= 15 is 0 Å². The molecule has 0 radical (unpaired) electrons. The second kappa shape index (κ2) is 6.66. The van der Waals surface area contributed by atoms with Crippen LogP contribution in [0.2, 0.25) is 0 Å². The second-order valence-corrected chi connectivity index (χ2v) is 8.16. The van der Waals surface area contributed by atoms with E-state index in [-0.39, 0.29) is 5.75 Å². The summed E-state index contributed by atoms with van der Waals surface area (Å²) in [5.74, 6) is -0.0412. The number of hydrogen-bond donors (Lipinski definition) is 0. The van der Waals surface area contributed by atoms with Crippen molar-refractivity contribution in [1.82, 2.24) is 9.29 Å². The van der Waals surface area contributed by atoms with Crippen molar-refractivity contribution in [1.29, 1.82) is 5.26 Å². The van der Waals surface area contributed by atoms with Crippen LogP contribution in [0.25, 0.3) is 0 Å². The van der Waals surface area contributed by atoms with Gasteiger partial charge < -0.3 is 4.90 Å². The molecule has 1 aliphatic heterocycles. The SMILES string of the molecule is N#Cc1cc(CS(=O)(=O)N2CCN(c3ccncc3)CC2)cs1. The fraction of sp³-hybridized carbons (Fsp3) is 0.333. The monoisotopic (exact) mass is 348 g/mol. The van der Waals surface area contributed by atoms with Gasteiger partial charge in [0.2, 0.25) is 10.0 Å². The molecule has 0 aliphatic carbocycles. The Kier molecular flexibility index (Phi) is 4.61. The van der Waals surface area contributed by atoms with Crippen LogP contribution >= 0.6 is 11.3 Å². The lowest BCUT2D eigenvalue weighted by Gasteiger charge is -2.35. The Morgan fingerprint density at radius 3 is 2.52 bits per heavy atom. The summed E-state index contributed by atoms with van der Waals surface area (Å²) in [4.78, 5) is 6.69. The lowest BCUT2D eigenvalue weighted by atomic mass is 10.3. The topological polar surface area (TPSA) is 77.3 Å². The molecule has 1 fully saturated rings. The van der Waals surface area contributed by atoms with Gasteiger partial charge in [0.05, 0.1) is 5.75 Å². The molecular formula is C15H16N4O2S2. The fourth-order valence-corrected chi connectivity index (χ4v) is 4.89. The third-order valence-electron chi connectivity index (χ3n) is 3.77. The lowest BCUT2D eigenvalue weighted by Crippen LogP contribution is -2.49. The highest BCUT2D eigenvalue weighted by atomic mass is 32.2. The number of nitrogens with zero attached hydrogens (tertiary/aromatic N) is 4. The van der Waals surface area contributed by atoms with Crippen LogP contribution in [0.15, 0.2) is 36.0 Å². The summed E-state index contributed by atoms with van der Waals surface area (Å²) < 4.78 is 26.6. The van der Waals surface area contributed by atoms with E-state index in [2.05, 4.69) is 9.88 Å². The van der Waals surface area contributed by atoms with Gasteiger partial charge in [-0.2, -0.15) is 9.57 Å². The number of sulfonamides is 1. The molecule has 120 valence electrons. The third-order valence-corrected chi connectivity index (χ3v) is 6.51. The summed E-state index contributed by atoms with van der Waals surface area (Å²) in [6.45, 7) is 2.27. The highest BCUT2D eigenvalue weighted by Gasteiger charge is 2.27. The molecule has 3 rings (SSSR count). The minimum atomic E-state index is -3.35. The van der Waals surface area contributed by atoms with Crippen LogP contribution in [0.1, 0.15) is 10.4 Å². The molecule has 8 heteroatoms. The van der Waals surface area contributed by atoms with Gasteiger partial charge in [-0.3, -0.25) is 4.98 Å². The maximum atomic E-state index is 12.5. The molecule has 1 aliphatic rings. The summed E-state index contributed by atoms with van der Waals surface area (Å²) in [7, 11) is -3.35. The number of thiophene rings is 1. The number of hydrogen-bond acceptors (Lipinski definition) is 6. The van der Waals surface area contributed by atoms with Crippen molar-refractivity contribution in [2.24, 2.45) is 0 Å². The molecule has 3 heterocycles. The predicted molar refractivity (Wildman–Crippen MR) is 89.7 cm³/mol. The quantitative estimate of drug-likeness (QED) is 0.840. The third kappa shape index (κ3) is 3.69. The van der Waals surface area contributed by atoms with Gasteiger partial charge in [0, 0.05) is 44.3 Å². The van der Waals surface area contributed by atoms with Crippen molar-refractivity contribution < 1.29 is 8.42 Å². The maximum absolute atomic E-state index is 12.5. The van der Waals surface area contributed by atoms with Crippen molar-refractivity contribution >= 4 is 27.0 Å². The smallest absolute Gasteiger partial charge is 0.218 e. The van der Waals surface area contributed by atoms with Crippen LogP contribution in [0.5, 0.6) is 0 Å². The first-order valence-electron chi connectivity index (χ1n) is 7.19. The second-order valence-electron chi connectivity index (χ2n) is 5.28. The first kappa shape index (κ1) is 15.9. The maximum Gasteiger partial charge on any atom is 0.218 e. The van der Waals surface area contributed by atoms with E-state index in [1.807, 2.05) is 18.2 Å². The Morgan fingerprint density at radius 1 is 1.22 bits per heavy atom. The van der Waals surface area contributed by atoms with Gasteiger partial charge in [-0.05, 0) is 29.1 Å². The van der Waals surface area contributed by atoms with Gasteiger partial charge in [-0.15, -0.1) is 11.3 Å². The number of anilines is 1. The minimum absolute atomic E-state index is 0.0412. The van der Waals surface area contributed by atoms with Crippen molar-refractivity contribution in [3.8, 4) is 6.07 Å². The van der Waals surface area contributed by atoms with E-state index in [1.165, 1.54) is 15.6 Å². The van der Waals surface area contributed by atoms with Crippen molar-refractivity contribution in [3.05, 3.63) is 46.4 Å².